The van der Waals surface area contributed by atoms with Gasteiger partial charge in [0.05, 0.1) is 12.8 Å². The molecule has 146 valence electrons. The van der Waals surface area contributed by atoms with Crippen LogP contribution in [0.4, 0.5) is 22.0 Å². The molecule has 1 aliphatic carbocycles. The molecule has 0 saturated carbocycles. The molecule has 4 nitrogen and oxygen atoms in total. The normalized spacial score (nSPS) is 16.6. The van der Waals surface area contributed by atoms with Gasteiger partial charge >= 0.3 is 11.9 Å². The summed E-state index contributed by atoms with van der Waals surface area (Å²) in [5, 5.41) is 0. The lowest BCUT2D eigenvalue weighted by Gasteiger charge is -2.14. The maximum Gasteiger partial charge on any atom is 0.311 e. The molecule has 0 radical (unpaired) electrons. The lowest BCUT2D eigenvalue weighted by molar-refractivity contribution is -0.149. The van der Waals surface area contributed by atoms with Crippen LogP contribution in [0.15, 0.2) is 0 Å². The van der Waals surface area contributed by atoms with E-state index in [4.69, 9.17) is 4.74 Å². The van der Waals surface area contributed by atoms with Gasteiger partial charge in [-0.2, -0.15) is 8.78 Å². The molecule has 0 saturated heterocycles. The van der Waals surface area contributed by atoms with E-state index in [0.29, 0.717) is 12.8 Å². The third-order valence-electron chi connectivity index (χ3n) is 3.72. The first-order valence-corrected chi connectivity index (χ1v) is 8.21. The van der Waals surface area contributed by atoms with Crippen LogP contribution in [0.2, 0.25) is 0 Å². The Morgan fingerprint density at radius 1 is 0.852 bits per heavy atom. The second-order valence-corrected chi connectivity index (χ2v) is 5.77. The highest BCUT2D eigenvalue weighted by molar-refractivity contribution is 5.79. The monoisotopic (exact) mass is 390 g/mol. The summed E-state index contributed by atoms with van der Waals surface area (Å²) in [6, 6.07) is 0. The van der Waals surface area contributed by atoms with Gasteiger partial charge in [-0.15, -0.1) is 0 Å². The van der Waals surface area contributed by atoms with Crippen molar-refractivity contribution in [3.05, 3.63) is 29.1 Å². The molecular weight excluding hydrogens is 375 g/mol. The first-order valence-electron chi connectivity index (χ1n) is 8.21. The third kappa shape index (κ3) is 5.42. The number of rotatable bonds is 5. The van der Waals surface area contributed by atoms with Crippen LogP contribution in [0, 0.1) is 40.9 Å². The van der Waals surface area contributed by atoms with Gasteiger partial charge in [-0.05, 0) is 19.3 Å². The zero-order valence-corrected chi connectivity index (χ0v) is 14.0. The highest BCUT2D eigenvalue weighted by Crippen LogP contribution is 2.29. The van der Waals surface area contributed by atoms with Crippen LogP contribution in [0.3, 0.4) is 0 Å². The standard InChI is InChI=1S/C18H15F5O4/c19-13-14(20)16(22)18(17(23)15(13)21)27-12(25)9-8-11(24)26-10-6-4-2-1-3-5-7-10/h10H,1-4,6,8-9H2. The predicted molar refractivity (Wildman–Crippen MR) is 81.8 cm³/mol. The van der Waals surface area contributed by atoms with E-state index >= 15 is 0 Å². The van der Waals surface area contributed by atoms with Crippen LogP contribution in [-0.4, -0.2) is 18.0 Å². The Hall–Kier alpha value is -2.63. The van der Waals surface area contributed by atoms with Gasteiger partial charge in [-0.25, -0.2) is 13.2 Å². The van der Waals surface area contributed by atoms with Gasteiger partial charge < -0.3 is 9.47 Å². The number of hydrogen-bond donors (Lipinski definition) is 0. The Kier molecular flexibility index (Phi) is 7.16. The molecule has 1 unspecified atom stereocenters. The molecule has 0 aliphatic heterocycles. The van der Waals surface area contributed by atoms with Crippen molar-refractivity contribution >= 4 is 11.9 Å². The van der Waals surface area contributed by atoms with Crippen molar-refractivity contribution in [1.29, 1.82) is 0 Å². The van der Waals surface area contributed by atoms with Crippen molar-refractivity contribution in [1.82, 2.24) is 0 Å². The molecule has 0 amide bonds. The van der Waals surface area contributed by atoms with E-state index in [1.807, 2.05) is 0 Å². The summed E-state index contributed by atoms with van der Waals surface area (Å²) in [7, 11) is 0. The van der Waals surface area contributed by atoms with E-state index in [2.05, 4.69) is 16.6 Å². The smallest absolute Gasteiger partial charge is 0.311 e. The van der Waals surface area contributed by atoms with Crippen LogP contribution in [0.25, 0.3) is 0 Å². The number of ether oxygens (including phenoxy) is 2. The van der Waals surface area contributed by atoms with Crippen LogP contribution < -0.4 is 4.74 Å². The van der Waals surface area contributed by atoms with Gasteiger partial charge in [-0.3, -0.25) is 9.59 Å². The molecular formula is C18H15F5O4. The number of esters is 2. The number of benzene rings is 1. The topological polar surface area (TPSA) is 52.6 Å². The van der Waals surface area contributed by atoms with E-state index in [1.165, 1.54) is 0 Å². The fourth-order valence-corrected chi connectivity index (χ4v) is 2.33. The molecule has 0 heterocycles. The van der Waals surface area contributed by atoms with Gasteiger partial charge in [-0.1, -0.05) is 18.3 Å². The quantitative estimate of drug-likeness (QED) is 0.191. The summed E-state index contributed by atoms with van der Waals surface area (Å²) in [4.78, 5) is 23.3. The van der Waals surface area contributed by atoms with Gasteiger partial charge in [0.25, 0.3) is 0 Å². The summed E-state index contributed by atoms with van der Waals surface area (Å²) in [6.07, 6.45) is 2.23. The minimum absolute atomic E-state index is 0.494. The summed E-state index contributed by atoms with van der Waals surface area (Å²) >= 11 is 0. The van der Waals surface area contributed by atoms with Crippen LogP contribution in [0.5, 0.6) is 5.75 Å². The second-order valence-electron chi connectivity index (χ2n) is 5.77. The SMILES string of the molecule is O=C(CCC(=O)OC1C#CCCCCC1)Oc1c(F)c(F)c(F)c(F)c1F. The Balaban J connectivity index is 1.92. The third-order valence-corrected chi connectivity index (χ3v) is 3.72. The van der Waals surface area contributed by atoms with Gasteiger partial charge in [0, 0.05) is 6.42 Å². The highest BCUT2D eigenvalue weighted by Gasteiger charge is 2.28. The van der Waals surface area contributed by atoms with E-state index in [0.717, 1.165) is 19.3 Å². The van der Waals surface area contributed by atoms with Gasteiger partial charge in [0.15, 0.2) is 6.10 Å². The van der Waals surface area contributed by atoms with E-state index in [-0.39, 0.29) is 0 Å². The maximum absolute atomic E-state index is 13.4. The minimum atomic E-state index is -2.37. The maximum atomic E-state index is 13.4. The zero-order valence-electron chi connectivity index (χ0n) is 14.0. The van der Waals surface area contributed by atoms with Crippen LogP contribution in [0.1, 0.15) is 44.9 Å². The van der Waals surface area contributed by atoms with Crippen molar-refractivity contribution in [2.45, 2.75) is 51.0 Å². The summed E-state index contributed by atoms with van der Waals surface area (Å²) < 4.78 is 75.2. The molecule has 1 aromatic rings. The highest BCUT2D eigenvalue weighted by atomic mass is 19.2. The zero-order chi connectivity index (χ0) is 20.0. The predicted octanol–water partition coefficient (Wildman–Crippen LogP) is 3.95. The summed E-state index contributed by atoms with van der Waals surface area (Å²) in [5.41, 5.74) is 0. The number of hydrogen-bond acceptors (Lipinski definition) is 4. The average molecular weight is 390 g/mol. The Morgan fingerprint density at radius 2 is 1.44 bits per heavy atom. The number of halogens is 5. The van der Waals surface area contributed by atoms with Gasteiger partial charge in [0.2, 0.25) is 34.8 Å². The number of carbonyl (C=O) groups excluding carboxylic acids is 2. The molecule has 2 rings (SSSR count). The molecule has 0 aromatic heterocycles. The van der Waals surface area contributed by atoms with Crippen molar-refractivity contribution in [2.24, 2.45) is 0 Å². The minimum Gasteiger partial charge on any atom is -0.449 e. The molecule has 0 spiro atoms. The molecule has 9 heteroatoms. The fourth-order valence-electron chi connectivity index (χ4n) is 2.33. The molecule has 27 heavy (non-hydrogen) atoms. The first-order chi connectivity index (χ1) is 12.8. The molecule has 0 N–H and O–H groups in total. The fraction of sp³-hybridized carbons (Fsp3) is 0.444. The van der Waals surface area contributed by atoms with Crippen molar-refractivity contribution in [2.75, 3.05) is 0 Å². The molecule has 1 aliphatic rings. The lowest BCUT2D eigenvalue weighted by atomic mass is 10.1. The molecule has 1 aromatic carbocycles. The second kappa shape index (κ2) is 9.35. The van der Waals surface area contributed by atoms with Crippen molar-refractivity contribution < 1.29 is 41.0 Å². The summed E-state index contributed by atoms with van der Waals surface area (Å²) in [6.45, 7) is 0. The van der Waals surface area contributed by atoms with Crippen LogP contribution >= 0.6 is 0 Å². The average Bonchev–Trinajstić information content (AvgIpc) is 2.62. The Bertz CT molecular complexity index is 768. The largest absolute Gasteiger partial charge is 0.449 e. The number of carbonyl (C=O) groups is 2. The van der Waals surface area contributed by atoms with E-state index in [1.54, 1.807) is 0 Å². The molecule has 0 bridgehead atoms. The Morgan fingerprint density at radius 3 is 2.11 bits per heavy atom. The molecule has 1 atom stereocenters. The van der Waals surface area contributed by atoms with Gasteiger partial charge in [0.1, 0.15) is 0 Å². The molecule has 0 fully saturated rings. The lowest BCUT2D eigenvalue weighted by Crippen LogP contribution is -2.19. The Labute approximate surface area is 151 Å². The van der Waals surface area contributed by atoms with E-state index in [9.17, 15) is 31.5 Å². The summed E-state index contributed by atoms with van der Waals surface area (Å²) in [5.74, 6) is -9.58. The first kappa shape index (κ1) is 20.7. The van der Waals surface area contributed by atoms with E-state index < -0.39 is 65.7 Å². The van der Waals surface area contributed by atoms with Crippen molar-refractivity contribution in [3.8, 4) is 17.6 Å². The van der Waals surface area contributed by atoms with Crippen LogP contribution in [-0.2, 0) is 14.3 Å². The van der Waals surface area contributed by atoms with Crippen molar-refractivity contribution in [3.63, 3.8) is 0 Å².